The quantitative estimate of drug-likeness (QED) is 0.162. The number of carbonyl (C=O) groups excluding carboxylic acids is 3. The summed E-state index contributed by atoms with van der Waals surface area (Å²) in [5, 5.41) is 5.31. The number of unbranched alkanes of at least 4 members (excludes halogenated alkanes) is 1. The molecule has 63 heavy (non-hydrogen) atoms. The van der Waals surface area contributed by atoms with E-state index in [2.05, 4.69) is 62.3 Å². The Hall–Kier alpha value is -2.93. The number of nitrogens with one attached hydrogen (secondary N) is 1. The first-order valence-electron chi connectivity index (χ1n) is 22.1. The van der Waals surface area contributed by atoms with Crippen molar-refractivity contribution in [1.82, 2.24) is 25.1 Å². The Kier molecular flexibility index (Phi) is 16.8. The predicted octanol–water partition coefficient (Wildman–Crippen LogP) is 11.9. The van der Waals surface area contributed by atoms with Gasteiger partial charge in [-0.05, 0) is 178 Å². The lowest BCUT2D eigenvalue weighted by Crippen LogP contribution is -2.40. The zero-order chi connectivity index (χ0) is 44.8. The molecule has 3 N–H and O–H groups in total. The van der Waals surface area contributed by atoms with Gasteiger partial charge in [0, 0.05) is 98.8 Å². The summed E-state index contributed by atoms with van der Waals surface area (Å²) in [4.78, 5) is 49.6. The number of rotatable bonds is 9. The van der Waals surface area contributed by atoms with Crippen LogP contribution in [0.4, 0.5) is 4.79 Å². The number of nitrogens with two attached hydrogens (primary N) is 1. The molecule has 336 valence electrons. The third-order valence-corrected chi connectivity index (χ3v) is 15.1. The summed E-state index contributed by atoms with van der Waals surface area (Å²) in [7, 11) is 0. The predicted molar refractivity (Wildman–Crippen MR) is 260 cm³/mol. The molecule has 4 amide bonds. The van der Waals surface area contributed by atoms with E-state index in [0.717, 1.165) is 108 Å². The zero-order valence-electron chi connectivity index (χ0n) is 35.5. The lowest BCUT2D eigenvalue weighted by molar-refractivity contribution is -0.133. The SMILES string of the molecule is CCCCC(=O)N1CCC(C2c3ncc(Br)cc3CCc3cc(Cl)cc(Cl)c32)CC1.NC(=O)NCCCC(=O)N1CCC(C2c3ncc(Br)cc3CCc3cc(Cl)cc(Cl)c32)CC1. The molecule has 2 aliphatic carbocycles. The van der Waals surface area contributed by atoms with E-state index in [1.807, 2.05) is 40.4 Å². The second-order valence-electron chi connectivity index (χ2n) is 17.2. The fourth-order valence-corrected chi connectivity index (χ4v) is 12.2. The highest BCUT2D eigenvalue weighted by atomic mass is 79.9. The molecule has 4 aromatic rings. The molecule has 2 aromatic carbocycles. The van der Waals surface area contributed by atoms with Gasteiger partial charge in [-0.15, -0.1) is 0 Å². The molecular formula is C48H54Br2Cl4N6O3. The number of aromatic nitrogens is 2. The number of piperidine rings is 2. The normalized spacial score (nSPS) is 18.7. The summed E-state index contributed by atoms with van der Waals surface area (Å²) in [6.07, 6.45) is 14.7. The highest BCUT2D eigenvalue weighted by molar-refractivity contribution is 9.10. The van der Waals surface area contributed by atoms with Crippen molar-refractivity contribution in [2.75, 3.05) is 32.7 Å². The number of carbonyl (C=O) groups is 3. The average Bonchev–Trinajstić information content (AvgIpc) is 3.52. The largest absolute Gasteiger partial charge is 0.352 e. The van der Waals surface area contributed by atoms with Crippen LogP contribution in [0.25, 0.3) is 0 Å². The second-order valence-corrected chi connectivity index (χ2v) is 20.7. The second kappa shape index (κ2) is 22.0. The van der Waals surface area contributed by atoms with Crippen molar-refractivity contribution in [1.29, 1.82) is 0 Å². The monoisotopic (exact) mass is 1060 g/mol. The van der Waals surface area contributed by atoms with E-state index in [1.54, 1.807) is 0 Å². The number of hydrogen-bond donors (Lipinski definition) is 2. The Balaban J connectivity index is 0.000000190. The number of aryl methyl sites for hydroxylation is 4. The number of likely N-dealkylation sites (tertiary alicyclic amines) is 2. The summed E-state index contributed by atoms with van der Waals surface area (Å²) < 4.78 is 1.98. The Morgan fingerprint density at radius 2 is 1.06 bits per heavy atom. The Morgan fingerprint density at radius 3 is 1.48 bits per heavy atom. The molecule has 9 nitrogen and oxygen atoms in total. The minimum atomic E-state index is -0.562. The molecular weight excluding hydrogens is 1010 g/mol. The van der Waals surface area contributed by atoms with E-state index in [0.29, 0.717) is 71.7 Å². The molecule has 2 saturated heterocycles. The smallest absolute Gasteiger partial charge is 0.312 e. The third kappa shape index (κ3) is 11.7. The summed E-state index contributed by atoms with van der Waals surface area (Å²) in [6.45, 7) is 5.58. The molecule has 2 atom stereocenters. The van der Waals surface area contributed by atoms with Crippen molar-refractivity contribution in [3.63, 3.8) is 0 Å². The van der Waals surface area contributed by atoms with E-state index in [9.17, 15) is 14.4 Å². The molecule has 8 rings (SSSR count). The number of nitrogens with zero attached hydrogens (tertiary/aromatic N) is 4. The van der Waals surface area contributed by atoms with Gasteiger partial charge in [-0.3, -0.25) is 19.6 Å². The van der Waals surface area contributed by atoms with Gasteiger partial charge in [0.2, 0.25) is 11.8 Å². The van der Waals surface area contributed by atoms with Crippen molar-refractivity contribution < 1.29 is 14.4 Å². The van der Waals surface area contributed by atoms with Crippen LogP contribution < -0.4 is 11.1 Å². The molecule has 4 heterocycles. The maximum Gasteiger partial charge on any atom is 0.312 e. The van der Waals surface area contributed by atoms with Gasteiger partial charge >= 0.3 is 6.03 Å². The summed E-state index contributed by atoms with van der Waals surface area (Å²) in [5.74, 6) is 1.37. The minimum absolute atomic E-state index is 0.0763. The van der Waals surface area contributed by atoms with Gasteiger partial charge in [0.25, 0.3) is 0 Å². The topological polar surface area (TPSA) is 122 Å². The fourth-order valence-electron chi connectivity index (χ4n) is 10.1. The van der Waals surface area contributed by atoms with Crippen LogP contribution in [0.2, 0.25) is 20.1 Å². The van der Waals surface area contributed by atoms with Crippen LogP contribution in [0.5, 0.6) is 0 Å². The van der Waals surface area contributed by atoms with Crippen LogP contribution >= 0.6 is 78.3 Å². The van der Waals surface area contributed by atoms with Gasteiger partial charge < -0.3 is 20.9 Å². The van der Waals surface area contributed by atoms with Crippen LogP contribution in [0, 0.1) is 11.8 Å². The van der Waals surface area contributed by atoms with Crippen molar-refractivity contribution in [2.24, 2.45) is 17.6 Å². The van der Waals surface area contributed by atoms with E-state index in [1.165, 1.54) is 27.8 Å². The number of urea groups is 1. The Labute approximate surface area is 407 Å². The van der Waals surface area contributed by atoms with Crippen molar-refractivity contribution in [2.45, 2.75) is 102 Å². The maximum atomic E-state index is 12.6. The van der Waals surface area contributed by atoms with E-state index in [-0.39, 0.29) is 17.7 Å². The van der Waals surface area contributed by atoms with Crippen LogP contribution in [-0.4, -0.2) is 70.3 Å². The van der Waals surface area contributed by atoms with Crippen LogP contribution in [0.1, 0.15) is 121 Å². The number of amides is 4. The molecule has 0 bridgehead atoms. The number of halogens is 6. The highest BCUT2D eigenvalue weighted by Gasteiger charge is 2.38. The molecule has 2 aliphatic heterocycles. The van der Waals surface area contributed by atoms with Crippen LogP contribution in [-0.2, 0) is 35.3 Å². The number of pyridine rings is 2. The Bertz CT molecular complexity index is 2320. The van der Waals surface area contributed by atoms with E-state index >= 15 is 0 Å². The minimum Gasteiger partial charge on any atom is -0.352 e. The highest BCUT2D eigenvalue weighted by Crippen LogP contribution is 2.48. The van der Waals surface area contributed by atoms with Crippen LogP contribution in [0.3, 0.4) is 0 Å². The number of hydrogen-bond acceptors (Lipinski definition) is 5. The van der Waals surface area contributed by atoms with Gasteiger partial charge in [0.1, 0.15) is 0 Å². The number of fused-ring (bicyclic) bond motifs is 4. The van der Waals surface area contributed by atoms with Gasteiger partial charge in [0.05, 0.1) is 11.4 Å². The van der Waals surface area contributed by atoms with Crippen molar-refractivity contribution in [3.05, 3.63) is 123 Å². The standard InChI is InChI=1S/C24H27BrCl2N4O2.C24H27BrCl2N2O/c25-17-10-16-4-3-15-11-18(26)12-19(27)21(15)22(23(16)30-13-17)14-5-8-31(9-6-14)20(32)2-1-7-29-24(28)33;1-2-3-4-21(30)29-9-7-15(8-10-29)23-22-16(12-19(26)13-20(22)27)5-6-17-11-18(25)14-28-24(17)23/h10-14,22H,1-9H2,(H3,28,29,33);11-15,23H,2-10H2,1H3. The molecule has 15 heteroatoms. The van der Waals surface area contributed by atoms with E-state index in [4.69, 9.17) is 62.1 Å². The maximum absolute atomic E-state index is 12.6. The third-order valence-electron chi connectivity index (χ3n) is 13.2. The number of primary amides is 1. The first kappa shape index (κ1) is 48.0. The molecule has 2 fully saturated rings. The lowest BCUT2D eigenvalue weighted by atomic mass is 9.76. The number of benzene rings is 2. The molecule has 2 unspecified atom stereocenters. The van der Waals surface area contributed by atoms with Gasteiger partial charge in [-0.25, -0.2) is 4.79 Å². The van der Waals surface area contributed by atoms with E-state index < -0.39 is 6.03 Å². The molecule has 4 aliphatic rings. The Morgan fingerprint density at radius 1 is 0.651 bits per heavy atom. The average molecular weight is 1060 g/mol. The summed E-state index contributed by atoms with van der Waals surface area (Å²) in [6, 6.07) is 11.6. The van der Waals surface area contributed by atoms with Gasteiger partial charge in [-0.2, -0.15) is 0 Å². The van der Waals surface area contributed by atoms with Gasteiger partial charge in [0.15, 0.2) is 0 Å². The molecule has 2 aromatic heterocycles. The molecule has 0 spiro atoms. The van der Waals surface area contributed by atoms with Crippen molar-refractivity contribution >= 4 is 96.1 Å². The summed E-state index contributed by atoms with van der Waals surface area (Å²) in [5.41, 5.74) is 14.5. The lowest BCUT2D eigenvalue weighted by Gasteiger charge is -2.37. The molecule has 0 radical (unpaired) electrons. The first-order chi connectivity index (χ1) is 30.3. The summed E-state index contributed by atoms with van der Waals surface area (Å²) >= 11 is 33.4. The fraction of sp³-hybridized carbons (Fsp3) is 0.479. The first-order valence-corrected chi connectivity index (χ1v) is 25.2. The zero-order valence-corrected chi connectivity index (χ0v) is 41.7. The van der Waals surface area contributed by atoms with Crippen molar-refractivity contribution in [3.8, 4) is 0 Å². The van der Waals surface area contributed by atoms with Crippen LogP contribution in [0.15, 0.2) is 57.7 Å². The van der Waals surface area contributed by atoms with Gasteiger partial charge in [-0.1, -0.05) is 59.7 Å². The molecule has 0 saturated carbocycles.